The minimum atomic E-state index is -1.98. The van der Waals surface area contributed by atoms with Crippen LogP contribution in [0.5, 0.6) is 0 Å². The summed E-state index contributed by atoms with van der Waals surface area (Å²) < 4.78 is 11.2. The predicted molar refractivity (Wildman–Crippen MR) is 103 cm³/mol. The van der Waals surface area contributed by atoms with Crippen molar-refractivity contribution in [2.24, 2.45) is 0 Å². The van der Waals surface area contributed by atoms with E-state index in [4.69, 9.17) is 8.85 Å². The molecule has 0 aliphatic carbocycles. The van der Waals surface area contributed by atoms with Crippen LogP contribution in [0.4, 0.5) is 0 Å². The van der Waals surface area contributed by atoms with E-state index in [0.29, 0.717) is 6.42 Å². The lowest BCUT2D eigenvalue weighted by Gasteiger charge is -2.37. The van der Waals surface area contributed by atoms with E-state index in [1.165, 1.54) is 0 Å². The molecule has 0 aliphatic rings. The molecule has 0 radical (unpaired) electrons. The maximum Gasteiger partial charge on any atom is 0.312 e. The Kier molecular flexibility index (Phi) is 7.48. The van der Waals surface area contributed by atoms with E-state index in [2.05, 4.69) is 24.6 Å². The van der Waals surface area contributed by atoms with Crippen LogP contribution < -0.4 is 4.98 Å². The van der Waals surface area contributed by atoms with Gasteiger partial charge in [0.1, 0.15) is 13.8 Å². The Balaban J connectivity index is 5.08. The number of rotatable bonds is 8. The fourth-order valence-corrected chi connectivity index (χ4v) is 5.63. The third-order valence-corrected chi connectivity index (χ3v) is 5.69. The molecule has 0 spiro atoms. The number of hydrogen-bond acceptors (Lipinski definition) is 5. The van der Waals surface area contributed by atoms with E-state index >= 15 is 0 Å². The highest BCUT2D eigenvalue weighted by Gasteiger charge is 2.40. The van der Waals surface area contributed by atoms with Crippen LogP contribution in [0.25, 0.3) is 0 Å². The van der Waals surface area contributed by atoms with Crippen molar-refractivity contribution in [3.63, 3.8) is 0 Å². The summed E-state index contributed by atoms with van der Waals surface area (Å²) in [5.74, 6) is -0.478. The molecule has 23 heavy (non-hydrogen) atoms. The van der Waals surface area contributed by atoms with Crippen molar-refractivity contribution in [3.8, 4) is 0 Å². The molecule has 1 atom stereocenters. The average Bonchev–Trinajstić information content (AvgIpc) is 2.19. The summed E-state index contributed by atoms with van der Waals surface area (Å²) in [4.78, 5) is 28.2. The van der Waals surface area contributed by atoms with E-state index in [1.54, 1.807) is 0 Å². The minimum Gasteiger partial charge on any atom is -0.520 e. The Morgan fingerprint density at radius 3 is 1.65 bits per heavy atom. The number of hydrogen-bond donors (Lipinski definition) is 1. The van der Waals surface area contributed by atoms with Crippen LogP contribution in [0.15, 0.2) is 0 Å². The molecule has 8 heteroatoms. The largest absolute Gasteiger partial charge is 0.520 e. The molecule has 5 nitrogen and oxygen atoms in total. The fourth-order valence-electron chi connectivity index (χ4n) is 2.18. The maximum atomic E-state index is 12.7. The SMILES string of the molecule is CC(CCC(=O)O[Si](C)(C)C)(N[Si](C)(C)C)C(=O)O[Si](C)(C)C. The molecule has 0 amide bonds. The highest BCUT2D eigenvalue weighted by atomic mass is 28.4. The topological polar surface area (TPSA) is 64.6 Å². The van der Waals surface area contributed by atoms with Crippen molar-refractivity contribution >= 4 is 36.8 Å². The Labute approximate surface area is 144 Å². The first kappa shape index (κ1) is 22.6. The van der Waals surface area contributed by atoms with E-state index < -0.39 is 30.4 Å². The Morgan fingerprint density at radius 2 is 1.30 bits per heavy atom. The lowest BCUT2D eigenvalue weighted by molar-refractivity contribution is -0.142. The van der Waals surface area contributed by atoms with Gasteiger partial charge in [-0.2, -0.15) is 0 Å². The summed E-state index contributed by atoms with van der Waals surface area (Å²) in [5, 5.41) is 0. The fraction of sp³-hybridized carbons (Fsp3) is 0.867. The van der Waals surface area contributed by atoms with E-state index in [0.717, 1.165) is 0 Å². The zero-order valence-electron chi connectivity index (χ0n) is 16.5. The van der Waals surface area contributed by atoms with Crippen molar-refractivity contribution in [2.45, 2.75) is 84.2 Å². The molecular formula is C15H35NO4Si3. The van der Waals surface area contributed by atoms with Gasteiger partial charge in [-0.05, 0) is 52.6 Å². The van der Waals surface area contributed by atoms with Gasteiger partial charge >= 0.3 is 5.97 Å². The third kappa shape index (κ3) is 10.9. The van der Waals surface area contributed by atoms with Crippen molar-refractivity contribution in [1.82, 2.24) is 4.98 Å². The van der Waals surface area contributed by atoms with Crippen LogP contribution in [-0.4, -0.2) is 42.3 Å². The van der Waals surface area contributed by atoms with Crippen molar-refractivity contribution in [2.75, 3.05) is 0 Å². The molecular weight excluding hydrogens is 342 g/mol. The molecule has 0 aliphatic heterocycles. The van der Waals surface area contributed by atoms with Gasteiger partial charge in [-0.3, -0.25) is 9.59 Å². The number of carbonyl (C=O) groups excluding carboxylic acids is 2. The van der Waals surface area contributed by atoms with Gasteiger partial charge in [-0.15, -0.1) is 0 Å². The van der Waals surface area contributed by atoms with Gasteiger partial charge in [0, 0.05) is 6.42 Å². The van der Waals surface area contributed by atoms with Crippen LogP contribution in [0.3, 0.4) is 0 Å². The average molecular weight is 378 g/mol. The van der Waals surface area contributed by atoms with E-state index in [-0.39, 0.29) is 18.4 Å². The smallest absolute Gasteiger partial charge is 0.312 e. The molecule has 0 saturated carbocycles. The lowest BCUT2D eigenvalue weighted by Crippen LogP contribution is -2.61. The van der Waals surface area contributed by atoms with Gasteiger partial charge in [-0.25, -0.2) is 0 Å². The lowest BCUT2D eigenvalue weighted by atomic mass is 9.97. The zero-order valence-corrected chi connectivity index (χ0v) is 19.5. The summed E-state index contributed by atoms with van der Waals surface area (Å²) in [6, 6.07) is 0. The summed E-state index contributed by atoms with van der Waals surface area (Å²) in [7, 11) is -5.61. The second kappa shape index (κ2) is 7.62. The predicted octanol–water partition coefficient (Wildman–Crippen LogP) is 3.71. The minimum absolute atomic E-state index is 0.221. The van der Waals surface area contributed by atoms with Gasteiger partial charge in [0.2, 0.25) is 16.6 Å². The van der Waals surface area contributed by atoms with E-state index in [1.807, 2.05) is 46.2 Å². The van der Waals surface area contributed by atoms with Crippen LogP contribution in [0.2, 0.25) is 58.9 Å². The Morgan fingerprint density at radius 1 is 0.870 bits per heavy atom. The van der Waals surface area contributed by atoms with Crippen molar-refractivity contribution in [3.05, 3.63) is 0 Å². The van der Waals surface area contributed by atoms with Crippen LogP contribution in [0.1, 0.15) is 19.8 Å². The van der Waals surface area contributed by atoms with Crippen molar-refractivity contribution in [1.29, 1.82) is 0 Å². The molecule has 0 fully saturated rings. The van der Waals surface area contributed by atoms with Crippen LogP contribution >= 0.6 is 0 Å². The zero-order chi connectivity index (χ0) is 18.7. The monoisotopic (exact) mass is 377 g/mol. The van der Waals surface area contributed by atoms with Gasteiger partial charge in [0.15, 0.2) is 0 Å². The molecule has 1 unspecified atom stereocenters. The number of nitrogens with one attached hydrogen (secondary N) is 1. The highest BCUT2D eigenvalue weighted by Crippen LogP contribution is 2.21. The summed E-state index contributed by atoms with van der Waals surface area (Å²) in [6.07, 6.45) is 0.614. The van der Waals surface area contributed by atoms with Gasteiger partial charge in [0.25, 0.3) is 5.97 Å². The Hall–Kier alpha value is -0.449. The maximum absolute atomic E-state index is 12.7. The molecule has 0 aromatic heterocycles. The molecule has 0 rings (SSSR count). The first-order chi connectivity index (χ1) is 9.94. The second-order valence-corrected chi connectivity index (χ2v) is 22.9. The summed E-state index contributed by atoms with van der Waals surface area (Å²) in [6.45, 7) is 20.1. The highest BCUT2D eigenvalue weighted by molar-refractivity contribution is 6.74. The molecule has 0 bridgehead atoms. The molecule has 0 saturated heterocycles. The first-order valence-electron chi connectivity index (χ1n) is 8.18. The standard InChI is InChI=1S/C15H35NO4Si3/c1-15(16-21(2,3)4,14(18)20-23(8,9)10)12-11-13(17)19-22(5,6)7/h16H,11-12H2,1-10H3. The summed E-state index contributed by atoms with van der Waals surface area (Å²) in [5.41, 5.74) is -0.844. The van der Waals surface area contributed by atoms with Gasteiger partial charge in [0.05, 0.1) is 0 Å². The Bertz CT molecular complexity index is 435. The third-order valence-electron chi connectivity index (χ3n) is 2.75. The van der Waals surface area contributed by atoms with E-state index in [9.17, 15) is 9.59 Å². The normalized spacial score (nSPS) is 15.7. The van der Waals surface area contributed by atoms with Crippen molar-refractivity contribution < 1.29 is 18.4 Å². The van der Waals surface area contributed by atoms with Gasteiger partial charge in [-0.1, -0.05) is 19.6 Å². The molecule has 0 aromatic carbocycles. The summed E-state index contributed by atoms with van der Waals surface area (Å²) >= 11 is 0. The van der Waals surface area contributed by atoms with Crippen LogP contribution in [-0.2, 0) is 18.4 Å². The molecule has 0 heterocycles. The quantitative estimate of drug-likeness (QED) is 0.653. The van der Waals surface area contributed by atoms with Crippen LogP contribution in [0, 0.1) is 0 Å². The number of carbonyl (C=O) groups is 2. The molecule has 1 N–H and O–H groups in total. The molecule has 136 valence electrons. The molecule has 0 aromatic rings. The van der Waals surface area contributed by atoms with Gasteiger partial charge < -0.3 is 13.8 Å². The first-order valence-corrected chi connectivity index (χ1v) is 18.5. The second-order valence-electron chi connectivity index (χ2n) is 9.30.